The molecule has 0 unspecified atom stereocenters. The van der Waals surface area contributed by atoms with Gasteiger partial charge >= 0.3 is 0 Å². The van der Waals surface area contributed by atoms with Crippen LogP contribution in [0.25, 0.3) is 16.9 Å². The van der Waals surface area contributed by atoms with Gasteiger partial charge < -0.3 is 5.32 Å². The standard InChI is InChI=1S/C17H14ClN3/c1-11-15-10-19-16-8-3-2-7-14(16)17(15)21(20-11)13-6-4-5-12(18)9-13/h2-9,19H,10H2,1H3. The van der Waals surface area contributed by atoms with Gasteiger partial charge in [0, 0.05) is 28.4 Å². The fourth-order valence-corrected chi connectivity index (χ4v) is 3.05. The molecular formula is C17H14ClN3. The highest BCUT2D eigenvalue weighted by molar-refractivity contribution is 6.30. The summed E-state index contributed by atoms with van der Waals surface area (Å²) in [5.41, 5.74) is 6.76. The Morgan fingerprint density at radius 3 is 2.86 bits per heavy atom. The first-order valence-corrected chi connectivity index (χ1v) is 7.29. The molecular weight excluding hydrogens is 282 g/mol. The summed E-state index contributed by atoms with van der Waals surface area (Å²) in [6.07, 6.45) is 0. The molecule has 0 saturated carbocycles. The lowest BCUT2D eigenvalue weighted by Crippen LogP contribution is -2.10. The Bertz CT molecular complexity index is 836. The number of hydrogen-bond donors (Lipinski definition) is 1. The van der Waals surface area contributed by atoms with E-state index in [1.54, 1.807) is 0 Å². The number of nitrogens with zero attached hydrogens (tertiary/aromatic N) is 2. The second-order valence-corrected chi connectivity index (χ2v) is 5.64. The normalized spacial score (nSPS) is 12.5. The number of hydrogen-bond acceptors (Lipinski definition) is 2. The number of rotatable bonds is 1. The molecule has 0 fully saturated rings. The van der Waals surface area contributed by atoms with Crippen LogP contribution < -0.4 is 5.32 Å². The molecule has 1 aromatic heterocycles. The number of fused-ring (bicyclic) bond motifs is 3. The van der Waals surface area contributed by atoms with Crippen LogP contribution in [0.1, 0.15) is 11.3 Å². The summed E-state index contributed by atoms with van der Waals surface area (Å²) in [7, 11) is 0. The Balaban J connectivity index is 2.00. The topological polar surface area (TPSA) is 29.9 Å². The van der Waals surface area contributed by atoms with E-state index in [1.165, 1.54) is 11.1 Å². The molecule has 0 radical (unpaired) electrons. The molecule has 104 valence electrons. The van der Waals surface area contributed by atoms with Crippen LogP contribution in [0.3, 0.4) is 0 Å². The van der Waals surface area contributed by atoms with Crippen LogP contribution >= 0.6 is 11.6 Å². The molecule has 1 N–H and O–H groups in total. The van der Waals surface area contributed by atoms with E-state index in [-0.39, 0.29) is 0 Å². The third-order valence-corrected chi connectivity index (χ3v) is 4.11. The first-order valence-electron chi connectivity index (χ1n) is 6.92. The predicted octanol–water partition coefficient (Wildman–Crippen LogP) is 4.43. The van der Waals surface area contributed by atoms with E-state index < -0.39 is 0 Å². The minimum atomic E-state index is 0.719. The van der Waals surface area contributed by atoms with Crippen molar-refractivity contribution in [3.63, 3.8) is 0 Å². The Labute approximate surface area is 128 Å². The van der Waals surface area contributed by atoms with E-state index in [0.29, 0.717) is 0 Å². The van der Waals surface area contributed by atoms with Gasteiger partial charge in [-0.2, -0.15) is 5.10 Å². The SMILES string of the molecule is Cc1nn(-c2cccc(Cl)c2)c2c1CNc1ccccc1-2. The van der Waals surface area contributed by atoms with Gasteiger partial charge in [0.2, 0.25) is 0 Å². The summed E-state index contributed by atoms with van der Waals surface area (Å²) in [6, 6.07) is 16.1. The lowest BCUT2D eigenvalue weighted by Gasteiger charge is -2.20. The highest BCUT2D eigenvalue weighted by atomic mass is 35.5. The van der Waals surface area contributed by atoms with Crippen LogP contribution in [0.4, 0.5) is 5.69 Å². The average molecular weight is 296 g/mol. The number of aryl methyl sites for hydroxylation is 1. The predicted molar refractivity (Wildman–Crippen MR) is 86.1 cm³/mol. The van der Waals surface area contributed by atoms with Gasteiger partial charge in [-0.15, -0.1) is 0 Å². The van der Waals surface area contributed by atoms with Crippen LogP contribution in [0, 0.1) is 6.92 Å². The van der Waals surface area contributed by atoms with E-state index in [0.717, 1.165) is 34.3 Å². The molecule has 3 nitrogen and oxygen atoms in total. The van der Waals surface area contributed by atoms with Gasteiger partial charge in [0.05, 0.1) is 17.1 Å². The van der Waals surface area contributed by atoms with Crippen LogP contribution in [-0.4, -0.2) is 9.78 Å². The summed E-state index contributed by atoms with van der Waals surface area (Å²) in [5, 5.41) is 8.90. The number of anilines is 1. The molecule has 0 amide bonds. The number of halogens is 1. The van der Waals surface area contributed by atoms with Gasteiger partial charge in [0.1, 0.15) is 0 Å². The summed E-state index contributed by atoms with van der Waals surface area (Å²) in [4.78, 5) is 0. The Hall–Kier alpha value is -2.26. The van der Waals surface area contributed by atoms with Crippen molar-refractivity contribution in [1.82, 2.24) is 9.78 Å². The average Bonchev–Trinajstić information content (AvgIpc) is 2.85. The lowest BCUT2D eigenvalue weighted by molar-refractivity contribution is 0.869. The molecule has 21 heavy (non-hydrogen) atoms. The minimum absolute atomic E-state index is 0.719. The quantitative estimate of drug-likeness (QED) is 0.720. The van der Waals surface area contributed by atoms with Crippen molar-refractivity contribution in [3.05, 3.63) is 64.8 Å². The molecule has 1 aliphatic rings. The van der Waals surface area contributed by atoms with Crippen molar-refractivity contribution in [1.29, 1.82) is 0 Å². The van der Waals surface area contributed by atoms with Gasteiger partial charge in [-0.05, 0) is 31.2 Å². The third-order valence-electron chi connectivity index (χ3n) is 3.87. The smallest absolute Gasteiger partial charge is 0.0814 e. The van der Waals surface area contributed by atoms with Crippen LogP contribution in [0.15, 0.2) is 48.5 Å². The van der Waals surface area contributed by atoms with Gasteiger partial charge in [-0.1, -0.05) is 35.9 Å². The van der Waals surface area contributed by atoms with Gasteiger partial charge in [0.15, 0.2) is 0 Å². The Morgan fingerprint density at radius 1 is 1.14 bits per heavy atom. The molecule has 1 aliphatic heterocycles. The maximum Gasteiger partial charge on any atom is 0.0814 e. The van der Waals surface area contributed by atoms with E-state index >= 15 is 0 Å². The summed E-state index contributed by atoms with van der Waals surface area (Å²) >= 11 is 6.13. The number of para-hydroxylation sites is 1. The molecule has 0 atom stereocenters. The third kappa shape index (κ3) is 1.93. The van der Waals surface area contributed by atoms with E-state index in [2.05, 4.69) is 30.4 Å². The van der Waals surface area contributed by atoms with Crippen LogP contribution in [0.5, 0.6) is 0 Å². The maximum atomic E-state index is 6.13. The molecule has 2 heterocycles. The zero-order chi connectivity index (χ0) is 14.4. The summed E-state index contributed by atoms with van der Waals surface area (Å²) in [6.45, 7) is 2.86. The molecule has 4 rings (SSSR count). The first-order chi connectivity index (χ1) is 10.2. The summed E-state index contributed by atoms with van der Waals surface area (Å²) in [5.74, 6) is 0. The molecule has 0 saturated heterocycles. The molecule has 3 aromatic rings. The zero-order valence-corrected chi connectivity index (χ0v) is 12.4. The van der Waals surface area contributed by atoms with E-state index in [1.807, 2.05) is 35.0 Å². The fourth-order valence-electron chi connectivity index (χ4n) is 2.87. The van der Waals surface area contributed by atoms with Gasteiger partial charge in [-0.3, -0.25) is 0 Å². The van der Waals surface area contributed by atoms with Crippen LogP contribution in [-0.2, 0) is 6.54 Å². The first kappa shape index (κ1) is 12.5. The van der Waals surface area contributed by atoms with Crippen molar-refractivity contribution in [2.24, 2.45) is 0 Å². The van der Waals surface area contributed by atoms with Crippen LogP contribution in [0.2, 0.25) is 5.02 Å². The van der Waals surface area contributed by atoms with Gasteiger partial charge in [0.25, 0.3) is 0 Å². The van der Waals surface area contributed by atoms with Crippen molar-refractivity contribution in [3.8, 4) is 16.9 Å². The number of aromatic nitrogens is 2. The minimum Gasteiger partial charge on any atom is -0.380 e. The second kappa shape index (κ2) is 4.64. The highest BCUT2D eigenvalue weighted by Crippen LogP contribution is 2.38. The second-order valence-electron chi connectivity index (χ2n) is 5.20. The van der Waals surface area contributed by atoms with Crippen molar-refractivity contribution >= 4 is 17.3 Å². The molecule has 0 bridgehead atoms. The zero-order valence-electron chi connectivity index (χ0n) is 11.6. The van der Waals surface area contributed by atoms with Crippen molar-refractivity contribution < 1.29 is 0 Å². The highest BCUT2D eigenvalue weighted by Gasteiger charge is 2.23. The molecule has 0 aliphatic carbocycles. The van der Waals surface area contributed by atoms with Crippen molar-refractivity contribution in [2.75, 3.05) is 5.32 Å². The monoisotopic (exact) mass is 295 g/mol. The fraction of sp³-hybridized carbons (Fsp3) is 0.118. The molecule has 0 spiro atoms. The number of benzene rings is 2. The Morgan fingerprint density at radius 2 is 2.00 bits per heavy atom. The van der Waals surface area contributed by atoms with E-state index in [4.69, 9.17) is 16.7 Å². The largest absolute Gasteiger partial charge is 0.380 e. The Kier molecular flexibility index (Phi) is 2.76. The van der Waals surface area contributed by atoms with E-state index in [9.17, 15) is 0 Å². The molecule has 4 heteroatoms. The van der Waals surface area contributed by atoms with Gasteiger partial charge in [-0.25, -0.2) is 4.68 Å². The number of nitrogens with one attached hydrogen (secondary N) is 1. The lowest BCUT2D eigenvalue weighted by atomic mass is 10.00. The molecule has 2 aromatic carbocycles. The summed E-state index contributed by atoms with van der Waals surface area (Å²) < 4.78 is 2.00. The van der Waals surface area contributed by atoms with Crippen molar-refractivity contribution in [2.45, 2.75) is 13.5 Å². The maximum absolute atomic E-state index is 6.13.